The Balaban J connectivity index is 1.56. The van der Waals surface area contributed by atoms with E-state index in [1.807, 2.05) is 12.1 Å². The number of amides is 1. The fraction of sp³-hybridized carbons (Fsp3) is 0.667. The van der Waals surface area contributed by atoms with Crippen LogP contribution in [0.25, 0.3) is 0 Å². The van der Waals surface area contributed by atoms with E-state index in [0.717, 1.165) is 32.0 Å². The maximum absolute atomic E-state index is 12.6. The van der Waals surface area contributed by atoms with Crippen LogP contribution in [0.2, 0.25) is 0 Å². The van der Waals surface area contributed by atoms with Gasteiger partial charge in [-0.05, 0) is 38.4 Å². The van der Waals surface area contributed by atoms with E-state index in [-0.39, 0.29) is 5.91 Å². The second-order valence-electron chi connectivity index (χ2n) is 6.61. The smallest absolute Gasteiger partial charge is 0.255 e. The molecule has 0 saturated carbocycles. The summed E-state index contributed by atoms with van der Waals surface area (Å²) in [5.74, 6) is 0.735. The van der Waals surface area contributed by atoms with Crippen molar-refractivity contribution in [1.82, 2.24) is 15.2 Å². The molecular weight excluding hydrogens is 304 g/mol. The number of rotatable bonds is 5. The number of carbonyl (C=O) groups is 1. The number of piperidine rings is 1. The number of hydrogen-bond donors (Lipinski definition) is 1. The second kappa shape index (κ2) is 8.44. The molecule has 0 aromatic carbocycles. The van der Waals surface area contributed by atoms with Crippen LogP contribution in [0.4, 0.5) is 5.82 Å². The number of ether oxygens (including phenoxy) is 1. The summed E-state index contributed by atoms with van der Waals surface area (Å²) < 4.78 is 5.39. The molecule has 1 atom stereocenters. The molecule has 24 heavy (non-hydrogen) atoms. The minimum absolute atomic E-state index is 0.0331. The topological polar surface area (TPSA) is 57.7 Å². The van der Waals surface area contributed by atoms with Gasteiger partial charge in [0.2, 0.25) is 0 Å². The minimum Gasteiger partial charge on any atom is -0.378 e. The maximum Gasteiger partial charge on any atom is 0.255 e. The molecule has 6 heteroatoms. The Morgan fingerprint density at radius 3 is 2.96 bits per heavy atom. The molecule has 2 aliphatic heterocycles. The molecule has 1 unspecified atom stereocenters. The van der Waals surface area contributed by atoms with Gasteiger partial charge in [-0.2, -0.15) is 0 Å². The first kappa shape index (κ1) is 17.2. The Labute approximate surface area is 144 Å². The zero-order chi connectivity index (χ0) is 16.8. The molecule has 0 radical (unpaired) electrons. The Kier molecular flexibility index (Phi) is 6.04. The molecule has 132 valence electrons. The van der Waals surface area contributed by atoms with Crippen LogP contribution in [0.3, 0.4) is 0 Å². The SMILES string of the molecule is CC1CCCCN1CCNC(=O)c1cccnc1N1CCOCC1. The number of nitrogens with one attached hydrogen (secondary N) is 1. The summed E-state index contributed by atoms with van der Waals surface area (Å²) in [7, 11) is 0. The number of carbonyl (C=O) groups excluding carboxylic acids is 1. The van der Waals surface area contributed by atoms with Crippen molar-refractivity contribution in [3.63, 3.8) is 0 Å². The molecule has 2 saturated heterocycles. The third-order valence-corrected chi connectivity index (χ3v) is 4.97. The van der Waals surface area contributed by atoms with Gasteiger partial charge in [-0.25, -0.2) is 4.98 Å². The van der Waals surface area contributed by atoms with Crippen LogP contribution in [0.1, 0.15) is 36.5 Å². The highest BCUT2D eigenvalue weighted by atomic mass is 16.5. The lowest BCUT2D eigenvalue weighted by atomic mass is 10.0. The van der Waals surface area contributed by atoms with Crippen LogP contribution in [-0.2, 0) is 4.74 Å². The summed E-state index contributed by atoms with van der Waals surface area (Å²) in [6.07, 6.45) is 5.60. The van der Waals surface area contributed by atoms with E-state index >= 15 is 0 Å². The van der Waals surface area contributed by atoms with Crippen molar-refractivity contribution in [3.05, 3.63) is 23.9 Å². The van der Waals surface area contributed by atoms with Crippen molar-refractivity contribution in [2.45, 2.75) is 32.2 Å². The average Bonchev–Trinajstić information content (AvgIpc) is 2.64. The van der Waals surface area contributed by atoms with Crippen molar-refractivity contribution in [2.24, 2.45) is 0 Å². The molecule has 1 aromatic rings. The molecule has 0 spiro atoms. The average molecular weight is 332 g/mol. The maximum atomic E-state index is 12.6. The summed E-state index contributed by atoms with van der Waals surface area (Å²) in [5.41, 5.74) is 0.658. The van der Waals surface area contributed by atoms with Gasteiger partial charge in [-0.3, -0.25) is 9.69 Å². The van der Waals surface area contributed by atoms with Crippen molar-refractivity contribution >= 4 is 11.7 Å². The Hall–Kier alpha value is -1.66. The third kappa shape index (κ3) is 4.24. The highest BCUT2D eigenvalue weighted by molar-refractivity contribution is 5.98. The van der Waals surface area contributed by atoms with Gasteiger partial charge < -0.3 is 15.0 Å². The monoisotopic (exact) mass is 332 g/mol. The number of hydrogen-bond acceptors (Lipinski definition) is 5. The van der Waals surface area contributed by atoms with Crippen LogP contribution in [0.15, 0.2) is 18.3 Å². The lowest BCUT2D eigenvalue weighted by Gasteiger charge is -2.33. The van der Waals surface area contributed by atoms with E-state index in [1.165, 1.54) is 19.3 Å². The van der Waals surface area contributed by atoms with Crippen LogP contribution < -0.4 is 10.2 Å². The first-order valence-corrected chi connectivity index (χ1v) is 9.05. The Bertz CT molecular complexity index is 546. The van der Waals surface area contributed by atoms with Gasteiger partial charge in [0.15, 0.2) is 0 Å². The number of pyridine rings is 1. The molecule has 0 aliphatic carbocycles. The molecule has 2 aliphatic rings. The summed E-state index contributed by atoms with van der Waals surface area (Å²) in [5, 5.41) is 3.07. The third-order valence-electron chi connectivity index (χ3n) is 4.97. The number of morpholine rings is 1. The zero-order valence-electron chi connectivity index (χ0n) is 14.5. The molecule has 1 aromatic heterocycles. The fourth-order valence-corrected chi connectivity index (χ4v) is 3.50. The van der Waals surface area contributed by atoms with Gasteiger partial charge >= 0.3 is 0 Å². The summed E-state index contributed by atoms with van der Waals surface area (Å²) in [6.45, 7) is 7.95. The highest BCUT2D eigenvalue weighted by Crippen LogP contribution is 2.18. The van der Waals surface area contributed by atoms with E-state index in [9.17, 15) is 4.79 Å². The van der Waals surface area contributed by atoms with Crippen LogP contribution >= 0.6 is 0 Å². The number of aromatic nitrogens is 1. The zero-order valence-corrected chi connectivity index (χ0v) is 14.5. The van der Waals surface area contributed by atoms with Crippen molar-refractivity contribution < 1.29 is 9.53 Å². The highest BCUT2D eigenvalue weighted by Gasteiger charge is 2.21. The standard InChI is InChI=1S/C18H28N4O2/c1-15-5-2-3-9-21(15)10-8-20-18(23)16-6-4-7-19-17(16)22-11-13-24-14-12-22/h4,6-7,15H,2-3,5,8-14H2,1H3,(H,20,23). The van der Waals surface area contributed by atoms with Crippen LogP contribution in [0, 0.1) is 0 Å². The van der Waals surface area contributed by atoms with Gasteiger partial charge in [0.05, 0.1) is 18.8 Å². The minimum atomic E-state index is -0.0331. The molecule has 1 N–H and O–H groups in total. The van der Waals surface area contributed by atoms with Crippen molar-refractivity contribution in [1.29, 1.82) is 0 Å². The van der Waals surface area contributed by atoms with E-state index in [4.69, 9.17) is 4.74 Å². The predicted molar refractivity (Wildman–Crippen MR) is 94.5 cm³/mol. The number of nitrogens with zero attached hydrogens (tertiary/aromatic N) is 3. The van der Waals surface area contributed by atoms with Gasteiger partial charge in [-0.1, -0.05) is 6.42 Å². The normalized spacial score (nSPS) is 22.4. The second-order valence-corrected chi connectivity index (χ2v) is 6.61. The summed E-state index contributed by atoms with van der Waals surface area (Å²) >= 11 is 0. The molecular formula is C18H28N4O2. The summed E-state index contributed by atoms with van der Waals surface area (Å²) in [4.78, 5) is 21.6. The largest absolute Gasteiger partial charge is 0.378 e. The lowest BCUT2D eigenvalue weighted by Crippen LogP contribution is -2.43. The lowest BCUT2D eigenvalue weighted by molar-refractivity contribution is 0.0936. The van der Waals surface area contributed by atoms with Gasteiger partial charge in [-0.15, -0.1) is 0 Å². The molecule has 1 amide bonds. The molecule has 3 heterocycles. The van der Waals surface area contributed by atoms with E-state index in [1.54, 1.807) is 6.20 Å². The molecule has 0 bridgehead atoms. The molecule has 3 rings (SSSR count). The van der Waals surface area contributed by atoms with Crippen LogP contribution in [-0.4, -0.2) is 67.8 Å². The molecule has 6 nitrogen and oxygen atoms in total. The quantitative estimate of drug-likeness (QED) is 0.886. The van der Waals surface area contributed by atoms with Gasteiger partial charge in [0.1, 0.15) is 5.82 Å². The van der Waals surface area contributed by atoms with Crippen molar-refractivity contribution in [3.8, 4) is 0 Å². The number of likely N-dealkylation sites (tertiary alicyclic amines) is 1. The number of anilines is 1. The van der Waals surface area contributed by atoms with E-state index in [0.29, 0.717) is 31.4 Å². The van der Waals surface area contributed by atoms with E-state index in [2.05, 4.69) is 27.0 Å². The van der Waals surface area contributed by atoms with Crippen molar-refractivity contribution in [2.75, 3.05) is 50.8 Å². The first-order chi connectivity index (χ1) is 11.8. The summed E-state index contributed by atoms with van der Waals surface area (Å²) in [6, 6.07) is 4.31. The first-order valence-electron chi connectivity index (χ1n) is 9.05. The van der Waals surface area contributed by atoms with Gasteiger partial charge in [0.25, 0.3) is 5.91 Å². The molecule has 2 fully saturated rings. The Morgan fingerprint density at radius 1 is 1.33 bits per heavy atom. The fourth-order valence-electron chi connectivity index (χ4n) is 3.50. The Morgan fingerprint density at radius 2 is 2.17 bits per heavy atom. The van der Waals surface area contributed by atoms with Crippen LogP contribution in [0.5, 0.6) is 0 Å². The predicted octanol–water partition coefficient (Wildman–Crippen LogP) is 1.52. The van der Waals surface area contributed by atoms with Gasteiger partial charge in [0, 0.05) is 38.4 Å². The van der Waals surface area contributed by atoms with E-state index < -0.39 is 0 Å².